The van der Waals surface area contributed by atoms with Crippen LogP contribution in [-0.2, 0) is 16.1 Å². The summed E-state index contributed by atoms with van der Waals surface area (Å²) in [7, 11) is 1.71. The van der Waals surface area contributed by atoms with Gasteiger partial charge in [0, 0.05) is 32.6 Å². The second-order valence-electron chi connectivity index (χ2n) is 5.93. The van der Waals surface area contributed by atoms with Gasteiger partial charge in [0.2, 0.25) is 5.91 Å². The van der Waals surface area contributed by atoms with Crippen LogP contribution in [0, 0.1) is 6.92 Å². The van der Waals surface area contributed by atoms with Crippen molar-refractivity contribution in [2.75, 3.05) is 25.1 Å². The van der Waals surface area contributed by atoms with Crippen LogP contribution in [0.2, 0.25) is 0 Å². The van der Waals surface area contributed by atoms with E-state index in [2.05, 4.69) is 25.3 Å². The maximum Gasteiger partial charge on any atom is 0.241 e. The van der Waals surface area contributed by atoms with Crippen molar-refractivity contribution in [3.8, 4) is 0 Å². The number of nitrogens with one attached hydrogen (secondary N) is 1. The number of amides is 1. The van der Waals surface area contributed by atoms with E-state index in [9.17, 15) is 4.79 Å². The average molecular weight is 330 g/mol. The van der Waals surface area contributed by atoms with Gasteiger partial charge in [0.25, 0.3) is 0 Å². The fourth-order valence-electron chi connectivity index (χ4n) is 2.96. The highest BCUT2D eigenvalue weighted by Gasteiger charge is 2.33. The molecule has 2 aromatic heterocycles. The van der Waals surface area contributed by atoms with Gasteiger partial charge < -0.3 is 15.0 Å². The summed E-state index contributed by atoms with van der Waals surface area (Å²) in [5, 5.41) is 7.21. The molecule has 128 valence electrons. The van der Waals surface area contributed by atoms with Crippen LogP contribution >= 0.6 is 0 Å². The van der Waals surface area contributed by atoms with E-state index < -0.39 is 0 Å². The number of ether oxygens (including phenoxy) is 1. The molecular formula is C16H22N6O2. The Morgan fingerprint density at radius 3 is 3.00 bits per heavy atom. The van der Waals surface area contributed by atoms with E-state index in [1.54, 1.807) is 24.2 Å². The first kappa shape index (κ1) is 16.4. The van der Waals surface area contributed by atoms with Crippen molar-refractivity contribution >= 4 is 11.7 Å². The number of rotatable bonds is 6. The SMILES string of the molecule is CO[C@@H]1C[C@H](CNC(=O)Cn2ccc(C)n2)N(c2ccncn2)C1. The van der Waals surface area contributed by atoms with E-state index in [1.165, 1.54) is 6.33 Å². The minimum Gasteiger partial charge on any atom is -0.380 e. The lowest BCUT2D eigenvalue weighted by atomic mass is 10.2. The molecule has 0 bridgehead atoms. The predicted molar refractivity (Wildman–Crippen MR) is 88.6 cm³/mol. The van der Waals surface area contributed by atoms with Gasteiger partial charge in [0.05, 0.1) is 17.8 Å². The molecule has 0 aromatic carbocycles. The van der Waals surface area contributed by atoms with Crippen LogP contribution in [0.3, 0.4) is 0 Å². The van der Waals surface area contributed by atoms with Gasteiger partial charge in [-0.1, -0.05) is 0 Å². The van der Waals surface area contributed by atoms with Crippen LogP contribution in [0.4, 0.5) is 5.82 Å². The Bertz CT molecular complexity index is 674. The first-order valence-electron chi connectivity index (χ1n) is 7.98. The lowest BCUT2D eigenvalue weighted by molar-refractivity contribution is -0.121. The number of aryl methyl sites for hydroxylation is 1. The molecule has 1 aliphatic heterocycles. The first-order chi connectivity index (χ1) is 11.7. The molecule has 2 atom stereocenters. The Morgan fingerprint density at radius 2 is 2.33 bits per heavy atom. The summed E-state index contributed by atoms with van der Waals surface area (Å²) in [6, 6.07) is 3.90. The first-order valence-corrected chi connectivity index (χ1v) is 7.98. The summed E-state index contributed by atoms with van der Waals surface area (Å²) in [5.41, 5.74) is 0.900. The van der Waals surface area contributed by atoms with Gasteiger partial charge >= 0.3 is 0 Å². The molecule has 0 aliphatic carbocycles. The number of anilines is 1. The highest BCUT2D eigenvalue weighted by Crippen LogP contribution is 2.24. The highest BCUT2D eigenvalue weighted by molar-refractivity contribution is 5.75. The van der Waals surface area contributed by atoms with E-state index in [0.717, 1.165) is 24.5 Å². The summed E-state index contributed by atoms with van der Waals surface area (Å²) in [4.78, 5) is 22.6. The molecule has 1 fully saturated rings. The summed E-state index contributed by atoms with van der Waals surface area (Å²) in [6.45, 7) is 3.43. The molecule has 0 saturated carbocycles. The third-order valence-corrected chi connectivity index (χ3v) is 4.18. The van der Waals surface area contributed by atoms with Crippen molar-refractivity contribution in [1.29, 1.82) is 0 Å². The smallest absolute Gasteiger partial charge is 0.241 e. The van der Waals surface area contributed by atoms with E-state index in [-0.39, 0.29) is 24.6 Å². The Kier molecular flexibility index (Phi) is 5.05. The molecule has 3 rings (SSSR count). The summed E-state index contributed by atoms with van der Waals surface area (Å²) in [5.74, 6) is 0.799. The zero-order chi connectivity index (χ0) is 16.9. The van der Waals surface area contributed by atoms with Gasteiger partial charge in [-0.3, -0.25) is 9.48 Å². The number of aromatic nitrogens is 4. The van der Waals surface area contributed by atoms with Crippen LogP contribution < -0.4 is 10.2 Å². The van der Waals surface area contributed by atoms with Crippen molar-refractivity contribution in [3.63, 3.8) is 0 Å². The third-order valence-electron chi connectivity index (χ3n) is 4.18. The van der Waals surface area contributed by atoms with Crippen molar-refractivity contribution < 1.29 is 9.53 Å². The summed E-state index contributed by atoms with van der Waals surface area (Å²) < 4.78 is 7.12. The van der Waals surface area contributed by atoms with Gasteiger partial charge in [0.1, 0.15) is 18.7 Å². The lowest BCUT2D eigenvalue weighted by Crippen LogP contribution is -2.41. The number of nitrogens with zero attached hydrogens (tertiary/aromatic N) is 5. The lowest BCUT2D eigenvalue weighted by Gasteiger charge is -2.25. The van der Waals surface area contributed by atoms with E-state index >= 15 is 0 Å². The van der Waals surface area contributed by atoms with Crippen LogP contribution in [0.1, 0.15) is 12.1 Å². The minimum absolute atomic E-state index is 0.0541. The number of hydrogen-bond donors (Lipinski definition) is 1. The van der Waals surface area contributed by atoms with Gasteiger partial charge in [-0.2, -0.15) is 5.10 Å². The van der Waals surface area contributed by atoms with Crippen molar-refractivity contribution in [3.05, 3.63) is 36.5 Å². The van der Waals surface area contributed by atoms with Crippen molar-refractivity contribution in [2.45, 2.75) is 32.0 Å². The standard InChI is InChI=1S/C16H22N6O2/c1-12-4-6-21(20-12)10-16(23)18-8-13-7-14(24-2)9-22(13)15-3-5-17-11-19-15/h3-6,11,13-14H,7-10H2,1-2H3,(H,18,23)/t13-,14-/m1/s1. The molecule has 2 aromatic rings. The number of methoxy groups -OCH3 is 1. The molecule has 1 N–H and O–H groups in total. The molecular weight excluding hydrogens is 308 g/mol. The number of hydrogen-bond acceptors (Lipinski definition) is 6. The fraction of sp³-hybridized carbons (Fsp3) is 0.500. The molecule has 8 heteroatoms. The maximum absolute atomic E-state index is 12.1. The largest absolute Gasteiger partial charge is 0.380 e. The topological polar surface area (TPSA) is 85.2 Å². The predicted octanol–water partition coefficient (Wildman–Crippen LogP) is 0.392. The number of carbonyl (C=O) groups is 1. The quantitative estimate of drug-likeness (QED) is 0.825. The van der Waals surface area contributed by atoms with E-state index in [1.807, 2.05) is 19.1 Å². The minimum atomic E-state index is -0.0541. The van der Waals surface area contributed by atoms with Crippen LogP contribution in [-0.4, -0.2) is 58.0 Å². The van der Waals surface area contributed by atoms with E-state index in [4.69, 9.17) is 4.74 Å². The average Bonchev–Trinajstić information content (AvgIpc) is 3.19. The van der Waals surface area contributed by atoms with Crippen molar-refractivity contribution in [1.82, 2.24) is 25.1 Å². The van der Waals surface area contributed by atoms with Crippen LogP contribution in [0.5, 0.6) is 0 Å². The van der Waals surface area contributed by atoms with Crippen LogP contribution in [0.15, 0.2) is 30.9 Å². The Labute approximate surface area is 140 Å². The summed E-state index contributed by atoms with van der Waals surface area (Å²) >= 11 is 0. The zero-order valence-electron chi connectivity index (χ0n) is 13.9. The molecule has 0 unspecified atom stereocenters. The van der Waals surface area contributed by atoms with Gasteiger partial charge in [-0.25, -0.2) is 9.97 Å². The van der Waals surface area contributed by atoms with E-state index in [0.29, 0.717) is 6.54 Å². The molecule has 3 heterocycles. The molecule has 8 nitrogen and oxygen atoms in total. The normalized spacial score (nSPS) is 20.3. The Hall–Kier alpha value is -2.48. The van der Waals surface area contributed by atoms with Gasteiger partial charge in [0.15, 0.2) is 0 Å². The monoisotopic (exact) mass is 330 g/mol. The Morgan fingerprint density at radius 1 is 1.46 bits per heavy atom. The zero-order valence-corrected chi connectivity index (χ0v) is 13.9. The second kappa shape index (κ2) is 7.39. The highest BCUT2D eigenvalue weighted by atomic mass is 16.5. The third kappa shape index (κ3) is 3.88. The Balaban J connectivity index is 1.58. The summed E-state index contributed by atoms with van der Waals surface area (Å²) in [6.07, 6.45) is 6.04. The van der Waals surface area contributed by atoms with Gasteiger partial charge in [-0.15, -0.1) is 0 Å². The second-order valence-corrected chi connectivity index (χ2v) is 5.93. The molecule has 24 heavy (non-hydrogen) atoms. The van der Waals surface area contributed by atoms with Gasteiger partial charge in [-0.05, 0) is 25.5 Å². The van der Waals surface area contributed by atoms with Crippen molar-refractivity contribution in [2.24, 2.45) is 0 Å². The molecule has 1 aliphatic rings. The molecule has 1 amide bonds. The number of carbonyl (C=O) groups excluding carboxylic acids is 1. The molecule has 0 radical (unpaired) electrons. The van der Waals surface area contributed by atoms with Crippen LogP contribution in [0.25, 0.3) is 0 Å². The fourth-order valence-corrected chi connectivity index (χ4v) is 2.96. The maximum atomic E-state index is 12.1. The molecule has 1 saturated heterocycles. The molecule has 0 spiro atoms.